The molecule has 1 amide bonds. The van der Waals surface area contributed by atoms with Gasteiger partial charge in [-0.15, -0.1) is 0 Å². The van der Waals surface area contributed by atoms with Crippen LogP contribution in [0, 0.1) is 0 Å². The number of fused-ring (bicyclic) bond motifs is 1. The Bertz CT molecular complexity index is 951. The normalized spacial score (nSPS) is 12.1. The van der Waals surface area contributed by atoms with Gasteiger partial charge in [0.1, 0.15) is 6.54 Å². The molecule has 3 aromatic rings. The minimum absolute atomic E-state index is 0.0633. The Morgan fingerprint density at radius 1 is 1.20 bits per heavy atom. The zero-order chi connectivity index (χ0) is 17.8. The third-order valence-electron chi connectivity index (χ3n) is 4.07. The van der Waals surface area contributed by atoms with E-state index in [4.69, 9.17) is 0 Å². The Morgan fingerprint density at radius 3 is 2.64 bits per heavy atom. The third-order valence-corrected chi connectivity index (χ3v) is 4.60. The van der Waals surface area contributed by atoms with Crippen molar-refractivity contribution in [1.29, 1.82) is 0 Å². The van der Waals surface area contributed by atoms with Gasteiger partial charge in [-0.2, -0.15) is 5.10 Å². The van der Waals surface area contributed by atoms with Gasteiger partial charge in [-0.05, 0) is 36.2 Å². The molecule has 0 radical (unpaired) electrons. The second-order valence-electron chi connectivity index (χ2n) is 5.76. The number of para-hydroxylation sites is 1. The molecular formula is C19H18BrN3O2. The van der Waals surface area contributed by atoms with E-state index in [1.54, 1.807) is 22.9 Å². The molecule has 128 valence electrons. The van der Waals surface area contributed by atoms with Crippen LogP contribution in [0.25, 0.3) is 10.9 Å². The Balaban J connectivity index is 1.79. The fourth-order valence-corrected chi connectivity index (χ4v) is 3.04. The van der Waals surface area contributed by atoms with E-state index >= 15 is 0 Å². The van der Waals surface area contributed by atoms with Crippen molar-refractivity contribution in [2.75, 3.05) is 0 Å². The number of nitrogens with zero attached hydrogens (tertiary/aromatic N) is 2. The van der Waals surface area contributed by atoms with E-state index in [9.17, 15) is 9.59 Å². The number of halogens is 1. The Morgan fingerprint density at radius 2 is 1.92 bits per heavy atom. The molecule has 1 aromatic heterocycles. The molecule has 0 aliphatic heterocycles. The van der Waals surface area contributed by atoms with Crippen LogP contribution in [0.15, 0.2) is 64.0 Å². The van der Waals surface area contributed by atoms with Crippen LogP contribution in [-0.4, -0.2) is 15.7 Å². The van der Waals surface area contributed by atoms with Gasteiger partial charge in [0, 0.05) is 9.86 Å². The van der Waals surface area contributed by atoms with Crippen LogP contribution in [0.4, 0.5) is 0 Å². The van der Waals surface area contributed by atoms with E-state index in [0.717, 1.165) is 16.5 Å². The first-order valence-electron chi connectivity index (χ1n) is 8.08. The fourth-order valence-electron chi connectivity index (χ4n) is 2.78. The van der Waals surface area contributed by atoms with Crippen LogP contribution >= 0.6 is 15.9 Å². The van der Waals surface area contributed by atoms with Crippen LogP contribution in [0.3, 0.4) is 0 Å². The molecular weight excluding hydrogens is 382 g/mol. The molecule has 0 aliphatic rings. The summed E-state index contributed by atoms with van der Waals surface area (Å²) in [7, 11) is 0. The average Bonchev–Trinajstić information content (AvgIpc) is 2.63. The summed E-state index contributed by atoms with van der Waals surface area (Å²) in [5, 5.41) is 7.70. The number of hydrogen-bond acceptors (Lipinski definition) is 3. The maximum atomic E-state index is 12.5. The molecule has 3 rings (SSSR count). The lowest BCUT2D eigenvalue weighted by atomic mass is 10.0. The standard InChI is InChI=1S/C19H18BrN3O2/c1-2-16(13-7-9-14(20)10-8-13)22-19(25)12-23-17-6-4-3-5-15(17)18(24)11-21-23/h3-11,16H,2,12H2,1H3,(H,22,25). The van der Waals surface area contributed by atoms with Crippen molar-refractivity contribution in [3.63, 3.8) is 0 Å². The Kier molecular flexibility index (Phi) is 5.28. The van der Waals surface area contributed by atoms with E-state index in [1.807, 2.05) is 37.3 Å². The highest BCUT2D eigenvalue weighted by Gasteiger charge is 2.14. The summed E-state index contributed by atoms with van der Waals surface area (Å²) in [6.45, 7) is 2.09. The molecule has 25 heavy (non-hydrogen) atoms. The third kappa shape index (κ3) is 3.96. The van der Waals surface area contributed by atoms with Gasteiger partial charge in [0.25, 0.3) is 0 Å². The van der Waals surface area contributed by atoms with Crippen molar-refractivity contribution < 1.29 is 4.79 Å². The molecule has 5 nitrogen and oxygen atoms in total. The smallest absolute Gasteiger partial charge is 0.242 e. The lowest BCUT2D eigenvalue weighted by Gasteiger charge is -2.18. The summed E-state index contributed by atoms with van der Waals surface area (Å²) in [6, 6.07) is 15.0. The summed E-state index contributed by atoms with van der Waals surface area (Å²) in [5.41, 5.74) is 1.56. The molecule has 1 unspecified atom stereocenters. The first-order chi connectivity index (χ1) is 12.1. The summed E-state index contributed by atoms with van der Waals surface area (Å²) in [4.78, 5) is 24.4. The van der Waals surface area contributed by atoms with Crippen molar-refractivity contribution in [1.82, 2.24) is 15.1 Å². The lowest BCUT2D eigenvalue weighted by Crippen LogP contribution is -2.32. The van der Waals surface area contributed by atoms with E-state index < -0.39 is 0 Å². The van der Waals surface area contributed by atoms with Crippen molar-refractivity contribution >= 4 is 32.7 Å². The summed E-state index contributed by atoms with van der Waals surface area (Å²) >= 11 is 3.42. The van der Waals surface area contributed by atoms with Crippen LogP contribution in [-0.2, 0) is 11.3 Å². The second kappa shape index (κ2) is 7.61. The Labute approximate surface area is 153 Å². The van der Waals surface area contributed by atoms with Gasteiger partial charge in [0.15, 0.2) is 0 Å². The molecule has 0 spiro atoms. The van der Waals surface area contributed by atoms with Gasteiger partial charge in [-0.3, -0.25) is 14.3 Å². The van der Waals surface area contributed by atoms with Gasteiger partial charge in [0.2, 0.25) is 11.3 Å². The molecule has 0 saturated heterocycles. The number of rotatable bonds is 5. The van der Waals surface area contributed by atoms with E-state index in [0.29, 0.717) is 10.9 Å². The zero-order valence-corrected chi connectivity index (χ0v) is 15.4. The average molecular weight is 400 g/mol. The van der Waals surface area contributed by atoms with Gasteiger partial charge in [0.05, 0.1) is 17.8 Å². The highest BCUT2D eigenvalue weighted by molar-refractivity contribution is 9.10. The van der Waals surface area contributed by atoms with Crippen LogP contribution in [0.2, 0.25) is 0 Å². The van der Waals surface area contributed by atoms with Crippen molar-refractivity contribution in [2.45, 2.75) is 25.9 Å². The van der Waals surface area contributed by atoms with Gasteiger partial charge < -0.3 is 5.32 Å². The first-order valence-corrected chi connectivity index (χ1v) is 8.87. The first kappa shape index (κ1) is 17.4. The molecule has 0 bridgehead atoms. The number of carbonyl (C=O) groups is 1. The molecule has 0 fully saturated rings. The topological polar surface area (TPSA) is 64.0 Å². The zero-order valence-electron chi connectivity index (χ0n) is 13.8. The summed E-state index contributed by atoms with van der Waals surface area (Å²) in [5.74, 6) is -0.143. The number of benzene rings is 2. The van der Waals surface area contributed by atoms with E-state index in [2.05, 4.69) is 26.3 Å². The second-order valence-corrected chi connectivity index (χ2v) is 6.68. The van der Waals surface area contributed by atoms with Gasteiger partial charge in [-0.1, -0.05) is 47.1 Å². The minimum Gasteiger partial charge on any atom is -0.348 e. The van der Waals surface area contributed by atoms with Crippen molar-refractivity contribution in [3.8, 4) is 0 Å². The number of carbonyl (C=O) groups excluding carboxylic acids is 1. The number of hydrogen-bond donors (Lipinski definition) is 1. The van der Waals surface area contributed by atoms with Crippen LogP contribution < -0.4 is 10.7 Å². The maximum absolute atomic E-state index is 12.5. The van der Waals surface area contributed by atoms with Crippen LogP contribution in [0.1, 0.15) is 24.9 Å². The number of amides is 1. The van der Waals surface area contributed by atoms with Gasteiger partial charge in [-0.25, -0.2) is 0 Å². The molecule has 1 heterocycles. The maximum Gasteiger partial charge on any atom is 0.242 e. The molecule has 0 saturated carbocycles. The summed E-state index contributed by atoms with van der Waals surface area (Å²) in [6.07, 6.45) is 2.04. The number of aromatic nitrogens is 2. The van der Waals surface area contributed by atoms with Crippen LogP contribution in [0.5, 0.6) is 0 Å². The molecule has 6 heteroatoms. The predicted molar refractivity (Wildman–Crippen MR) is 101 cm³/mol. The quantitative estimate of drug-likeness (QED) is 0.714. The minimum atomic E-state index is -0.145. The highest BCUT2D eigenvalue weighted by Crippen LogP contribution is 2.19. The monoisotopic (exact) mass is 399 g/mol. The highest BCUT2D eigenvalue weighted by atomic mass is 79.9. The molecule has 1 atom stereocenters. The van der Waals surface area contributed by atoms with Gasteiger partial charge >= 0.3 is 0 Å². The Hall–Kier alpha value is -2.47. The van der Waals surface area contributed by atoms with E-state index in [1.165, 1.54) is 6.20 Å². The van der Waals surface area contributed by atoms with Crippen molar-refractivity contribution in [2.24, 2.45) is 0 Å². The fraction of sp³-hybridized carbons (Fsp3) is 0.211. The van der Waals surface area contributed by atoms with Crippen molar-refractivity contribution in [3.05, 3.63) is 75.0 Å². The molecule has 0 aliphatic carbocycles. The largest absolute Gasteiger partial charge is 0.348 e. The molecule has 2 aromatic carbocycles. The predicted octanol–water partition coefficient (Wildman–Crippen LogP) is 3.43. The molecule has 1 N–H and O–H groups in total. The number of nitrogens with one attached hydrogen (secondary N) is 1. The van der Waals surface area contributed by atoms with E-state index in [-0.39, 0.29) is 23.9 Å². The lowest BCUT2D eigenvalue weighted by molar-refractivity contribution is -0.122. The summed E-state index contributed by atoms with van der Waals surface area (Å²) < 4.78 is 2.56. The SMILES string of the molecule is CCC(NC(=O)Cn1ncc(=O)c2ccccc21)c1ccc(Br)cc1.